The minimum atomic E-state index is -0.894. The lowest BCUT2D eigenvalue weighted by molar-refractivity contribution is -0.119. The highest BCUT2D eigenvalue weighted by Gasteiger charge is 2.25. The maximum absolute atomic E-state index is 12.8. The highest BCUT2D eigenvalue weighted by Crippen LogP contribution is 2.14. The van der Waals surface area contributed by atoms with Crippen LogP contribution < -0.4 is 10.6 Å². The maximum atomic E-state index is 12.8. The summed E-state index contributed by atoms with van der Waals surface area (Å²) in [7, 11) is 0. The van der Waals surface area contributed by atoms with Crippen LogP contribution in [0.3, 0.4) is 0 Å². The zero-order chi connectivity index (χ0) is 21.4. The molecule has 29 heavy (non-hydrogen) atoms. The summed E-state index contributed by atoms with van der Waals surface area (Å²) < 4.78 is 11.0. The third kappa shape index (κ3) is 8.35. The second-order valence-corrected chi connectivity index (χ2v) is 8.07. The van der Waals surface area contributed by atoms with E-state index < -0.39 is 17.7 Å². The van der Waals surface area contributed by atoms with Crippen molar-refractivity contribution in [2.75, 3.05) is 11.9 Å². The fourth-order valence-electron chi connectivity index (χ4n) is 2.78. The first kappa shape index (κ1) is 22.4. The minimum Gasteiger partial charge on any atom is -0.444 e. The molecule has 6 nitrogen and oxygen atoms in total. The molecule has 0 aliphatic heterocycles. The molecule has 1 atom stereocenters. The van der Waals surface area contributed by atoms with E-state index in [1.807, 2.05) is 62.4 Å². The molecule has 0 radical (unpaired) electrons. The Bertz CT molecular complexity index is 808. The van der Waals surface area contributed by atoms with Crippen LogP contribution in [0.1, 0.15) is 37.5 Å². The van der Waals surface area contributed by atoms with E-state index in [2.05, 4.69) is 10.6 Å². The van der Waals surface area contributed by atoms with E-state index in [0.717, 1.165) is 16.7 Å². The molecule has 0 heterocycles. The Morgan fingerprint density at radius 3 is 2.21 bits per heavy atom. The topological polar surface area (TPSA) is 76.7 Å². The van der Waals surface area contributed by atoms with Gasteiger partial charge in [0, 0.05) is 5.69 Å². The Morgan fingerprint density at radius 1 is 1.00 bits per heavy atom. The number of rotatable bonds is 7. The van der Waals surface area contributed by atoms with Crippen LogP contribution in [0, 0.1) is 13.8 Å². The van der Waals surface area contributed by atoms with Crippen LogP contribution in [-0.2, 0) is 20.9 Å². The first-order valence-electron chi connectivity index (χ1n) is 9.63. The lowest BCUT2D eigenvalue weighted by Crippen LogP contribution is -2.48. The van der Waals surface area contributed by atoms with E-state index in [1.165, 1.54) is 0 Å². The van der Waals surface area contributed by atoms with Crippen molar-refractivity contribution in [1.82, 2.24) is 5.32 Å². The van der Waals surface area contributed by atoms with Gasteiger partial charge in [-0.15, -0.1) is 0 Å². The van der Waals surface area contributed by atoms with Crippen LogP contribution in [0.5, 0.6) is 0 Å². The molecule has 0 aromatic heterocycles. The van der Waals surface area contributed by atoms with Gasteiger partial charge in [0.25, 0.3) is 0 Å². The molecule has 0 bridgehead atoms. The van der Waals surface area contributed by atoms with E-state index in [0.29, 0.717) is 12.3 Å². The van der Waals surface area contributed by atoms with Gasteiger partial charge in [0.15, 0.2) is 0 Å². The number of alkyl carbamates (subject to hydrolysis) is 1. The Morgan fingerprint density at radius 2 is 1.62 bits per heavy atom. The van der Waals surface area contributed by atoms with Crippen molar-refractivity contribution in [2.45, 2.75) is 52.9 Å². The van der Waals surface area contributed by atoms with Crippen LogP contribution in [0.2, 0.25) is 0 Å². The van der Waals surface area contributed by atoms with E-state index in [9.17, 15) is 9.59 Å². The maximum Gasteiger partial charge on any atom is 0.408 e. The molecule has 0 spiro atoms. The van der Waals surface area contributed by atoms with Gasteiger partial charge in [-0.2, -0.15) is 0 Å². The van der Waals surface area contributed by atoms with Gasteiger partial charge in [0.05, 0.1) is 13.2 Å². The minimum absolute atomic E-state index is 0.0186. The van der Waals surface area contributed by atoms with Crippen LogP contribution in [0.25, 0.3) is 0 Å². The SMILES string of the molecule is Cc1cc(C)cc(NC(=O)C(COCc2ccccc2)NC(=O)OC(C)(C)C)c1. The van der Waals surface area contributed by atoms with E-state index in [-0.39, 0.29) is 12.5 Å². The van der Waals surface area contributed by atoms with Gasteiger partial charge in [0.2, 0.25) is 5.91 Å². The van der Waals surface area contributed by atoms with Crippen molar-refractivity contribution in [3.63, 3.8) is 0 Å². The van der Waals surface area contributed by atoms with Crippen molar-refractivity contribution in [3.8, 4) is 0 Å². The first-order valence-corrected chi connectivity index (χ1v) is 9.63. The number of hydrogen-bond acceptors (Lipinski definition) is 4. The summed E-state index contributed by atoms with van der Waals surface area (Å²) in [6.45, 7) is 9.58. The first-order chi connectivity index (χ1) is 13.6. The summed E-state index contributed by atoms with van der Waals surface area (Å²) in [4.78, 5) is 25.0. The molecule has 6 heteroatoms. The molecule has 0 fully saturated rings. The number of benzene rings is 2. The predicted octanol–water partition coefficient (Wildman–Crippen LogP) is 4.35. The fraction of sp³-hybridized carbons (Fsp3) is 0.391. The third-order valence-corrected chi connectivity index (χ3v) is 3.89. The molecule has 2 amide bonds. The molecular formula is C23H30N2O4. The largest absolute Gasteiger partial charge is 0.444 e. The Labute approximate surface area is 172 Å². The van der Waals surface area contributed by atoms with E-state index in [4.69, 9.17) is 9.47 Å². The monoisotopic (exact) mass is 398 g/mol. The Balaban J connectivity index is 2.05. The zero-order valence-corrected chi connectivity index (χ0v) is 17.7. The molecule has 1 unspecified atom stereocenters. The van der Waals surface area contributed by atoms with Crippen molar-refractivity contribution in [2.24, 2.45) is 0 Å². The average molecular weight is 399 g/mol. The van der Waals surface area contributed by atoms with Crippen molar-refractivity contribution in [3.05, 3.63) is 65.2 Å². The van der Waals surface area contributed by atoms with Gasteiger partial charge in [0.1, 0.15) is 11.6 Å². The van der Waals surface area contributed by atoms with Crippen LogP contribution in [0.15, 0.2) is 48.5 Å². The summed E-state index contributed by atoms with van der Waals surface area (Å²) in [5, 5.41) is 5.46. The van der Waals surface area contributed by atoms with Gasteiger partial charge in [-0.3, -0.25) is 4.79 Å². The zero-order valence-electron chi connectivity index (χ0n) is 17.7. The van der Waals surface area contributed by atoms with Crippen LogP contribution in [-0.4, -0.2) is 30.3 Å². The van der Waals surface area contributed by atoms with Gasteiger partial charge in [-0.05, 0) is 63.4 Å². The predicted molar refractivity (Wildman–Crippen MR) is 114 cm³/mol. The van der Waals surface area contributed by atoms with Gasteiger partial charge in [-0.25, -0.2) is 4.79 Å². The fourth-order valence-corrected chi connectivity index (χ4v) is 2.78. The number of hydrogen-bond donors (Lipinski definition) is 2. The molecule has 0 saturated heterocycles. The summed E-state index contributed by atoms with van der Waals surface area (Å²) >= 11 is 0. The summed E-state index contributed by atoms with van der Waals surface area (Å²) in [5.74, 6) is -0.367. The highest BCUT2D eigenvalue weighted by molar-refractivity contribution is 5.96. The van der Waals surface area contributed by atoms with Gasteiger partial charge < -0.3 is 20.1 Å². The second-order valence-electron chi connectivity index (χ2n) is 8.07. The quantitative estimate of drug-likeness (QED) is 0.727. The second kappa shape index (κ2) is 10.1. The standard InChI is InChI=1S/C23H30N2O4/c1-16-11-17(2)13-19(12-16)24-21(26)20(25-22(27)29-23(3,4)5)15-28-14-18-9-7-6-8-10-18/h6-13,20H,14-15H2,1-5H3,(H,24,26)(H,25,27). The van der Waals surface area contributed by atoms with Gasteiger partial charge in [-0.1, -0.05) is 36.4 Å². The highest BCUT2D eigenvalue weighted by atomic mass is 16.6. The normalized spacial score (nSPS) is 12.2. The number of carbonyl (C=O) groups excluding carboxylic acids is 2. The number of carbonyl (C=O) groups is 2. The molecule has 0 aliphatic rings. The molecular weight excluding hydrogens is 368 g/mol. The molecule has 2 rings (SSSR count). The lowest BCUT2D eigenvalue weighted by Gasteiger charge is -2.23. The Kier molecular flexibility index (Phi) is 7.79. The lowest BCUT2D eigenvalue weighted by atomic mass is 10.1. The average Bonchev–Trinajstić information content (AvgIpc) is 2.59. The van der Waals surface area contributed by atoms with Crippen LogP contribution in [0.4, 0.5) is 10.5 Å². The van der Waals surface area contributed by atoms with Crippen molar-refractivity contribution in [1.29, 1.82) is 0 Å². The molecule has 2 N–H and O–H groups in total. The number of nitrogens with one attached hydrogen (secondary N) is 2. The molecule has 0 aliphatic carbocycles. The number of amides is 2. The number of anilines is 1. The number of ether oxygens (including phenoxy) is 2. The molecule has 0 saturated carbocycles. The smallest absolute Gasteiger partial charge is 0.408 e. The third-order valence-electron chi connectivity index (χ3n) is 3.89. The van der Waals surface area contributed by atoms with Crippen molar-refractivity contribution < 1.29 is 19.1 Å². The summed E-state index contributed by atoms with van der Waals surface area (Å²) in [5.41, 5.74) is 3.07. The summed E-state index contributed by atoms with van der Waals surface area (Å²) in [6, 6.07) is 14.5. The molecule has 156 valence electrons. The van der Waals surface area contributed by atoms with E-state index >= 15 is 0 Å². The number of aryl methyl sites for hydroxylation is 2. The van der Waals surface area contributed by atoms with Crippen molar-refractivity contribution >= 4 is 17.7 Å². The Hall–Kier alpha value is -2.86. The van der Waals surface area contributed by atoms with Gasteiger partial charge >= 0.3 is 6.09 Å². The molecule has 2 aromatic rings. The van der Waals surface area contributed by atoms with E-state index in [1.54, 1.807) is 20.8 Å². The van der Waals surface area contributed by atoms with Crippen LogP contribution >= 0.6 is 0 Å². The molecule has 2 aromatic carbocycles. The summed E-state index contributed by atoms with van der Waals surface area (Å²) in [6.07, 6.45) is -0.665.